The summed E-state index contributed by atoms with van der Waals surface area (Å²) in [5.41, 5.74) is 2.10. The molecule has 1 amide bonds. The van der Waals surface area contributed by atoms with Crippen molar-refractivity contribution in [2.24, 2.45) is 0 Å². The van der Waals surface area contributed by atoms with E-state index in [2.05, 4.69) is 10.1 Å². The van der Waals surface area contributed by atoms with Crippen LogP contribution in [0.25, 0.3) is 6.08 Å². The molecule has 0 saturated carbocycles. The molecule has 0 aliphatic rings. The van der Waals surface area contributed by atoms with Gasteiger partial charge in [-0.1, -0.05) is 30.3 Å². The van der Waals surface area contributed by atoms with Gasteiger partial charge >= 0.3 is 11.9 Å². The molecule has 0 aromatic heterocycles. The lowest BCUT2D eigenvalue weighted by molar-refractivity contribution is -0.143. The predicted octanol–water partition coefficient (Wildman–Crippen LogP) is 2.40. The van der Waals surface area contributed by atoms with Crippen LogP contribution in [0, 0.1) is 0 Å². The first kappa shape index (κ1) is 21.7. The minimum absolute atomic E-state index is 0.365. The number of rotatable bonds is 9. The van der Waals surface area contributed by atoms with E-state index in [1.54, 1.807) is 31.4 Å². The van der Waals surface area contributed by atoms with Gasteiger partial charge in [0.25, 0.3) is 5.91 Å². The summed E-state index contributed by atoms with van der Waals surface area (Å²) in [5, 5.41) is 2.69. The number of carbonyl (C=O) groups excluding carboxylic acids is 3. The standard InChI is InChI=1S/C22H23NO6/c1-27-19-6-4-3-5-17(19)13-14-23-20(24)15-29-21(25)12-9-16-7-10-18(11-8-16)22(26)28-2/h3-12H,13-15H2,1-2H3,(H,23,24)/b12-9+. The van der Waals surface area contributed by atoms with Gasteiger partial charge in [0, 0.05) is 12.6 Å². The Morgan fingerprint density at radius 2 is 1.72 bits per heavy atom. The highest BCUT2D eigenvalue weighted by Crippen LogP contribution is 2.17. The normalized spacial score (nSPS) is 10.4. The molecule has 0 fully saturated rings. The van der Waals surface area contributed by atoms with E-state index in [-0.39, 0.29) is 12.5 Å². The van der Waals surface area contributed by atoms with Crippen LogP contribution >= 0.6 is 0 Å². The molecule has 0 bridgehead atoms. The molecule has 2 aromatic carbocycles. The fourth-order valence-corrected chi connectivity index (χ4v) is 2.49. The SMILES string of the molecule is COC(=O)c1ccc(/C=C/C(=O)OCC(=O)NCCc2ccccc2OC)cc1. The number of para-hydroxylation sites is 1. The number of carbonyl (C=O) groups is 3. The van der Waals surface area contributed by atoms with E-state index in [1.807, 2.05) is 24.3 Å². The van der Waals surface area contributed by atoms with Crippen molar-refractivity contribution in [1.29, 1.82) is 0 Å². The topological polar surface area (TPSA) is 90.9 Å². The van der Waals surface area contributed by atoms with E-state index in [0.29, 0.717) is 24.1 Å². The van der Waals surface area contributed by atoms with Crippen molar-refractivity contribution < 1.29 is 28.6 Å². The number of ether oxygens (including phenoxy) is 3. The van der Waals surface area contributed by atoms with E-state index in [1.165, 1.54) is 19.3 Å². The molecule has 0 radical (unpaired) electrons. The molecule has 0 aliphatic heterocycles. The molecule has 0 unspecified atom stereocenters. The number of esters is 2. The van der Waals surface area contributed by atoms with Gasteiger partial charge in [-0.2, -0.15) is 0 Å². The molecule has 2 rings (SSSR count). The van der Waals surface area contributed by atoms with Gasteiger partial charge in [-0.05, 0) is 41.8 Å². The Morgan fingerprint density at radius 3 is 2.41 bits per heavy atom. The maximum atomic E-state index is 11.8. The zero-order valence-electron chi connectivity index (χ0n) is 16.3. The number of hydrogen-bond acceptors (Lipinski definition) is 6. The van der Waals surface area contributed by atoms with Gasteiger partial charge in [0.05, 0.1) is 19.8 Å². The first-order valence-corrected chi connectivity index (χ1v) is 8.95. The average molecular weight is 397 g/mol. The lowest BCUT2D eigenvalue weighted by Crippen LogP contribution is -2.30. The van der Waals surface area contributed by atoms with Gasteiger partial charge in [-0.25, -0.2) is 9.59 Å². The van der Waals surface area contributed by atoms with Crippen molar-refractivity contribution in [1.82, 2.24) is 5.32 Å². The van der Waals surface area contributed by atoms with Crippen LogP contribution in [0.2, 0.25) is 0 Å². The van der Waals surface area contributed by atoms with E-state index < -0.39 is 11.9 Å². The number of methoxy groups -OCH3 is 2. The van der Waals surface area contributed by atoms with Crippen LogP contribution < -0.4 is 10.1 Å². The van der Waals surface area contributed by atoms with Crippen LogP contribution in [0.1, 0.15) is 21.5 Å². The fourth-order valence-electron chi connectivity index (χ4n) is 2.49. The zero-order valence-corrected chi connectivity index (χ0v) is 16.3. The first-order valence-electron chi connectivity index (χ1n) is 8.95. The third kappa shape index (κ3) is 7.14. The summed E-state index contributed by atoms with van der Waals surface area (Å²) in [6.07, 6.45) is 3.35. The lowest BCUT2D eigenvalue weighted by atomic mass is 10.1. The summed E-state index contributed by atoms with van der Waals surface area (Å²) < 4.78 is 14.8. The smallest absolute Gasteiger partial charge is 0.337 e. The molecular formula is C22H23NO6. The van der Waals surface area contributed by atoms with Gasteiger partial charge in [-0.15, -0.1) is 0 Å². The van der Waals surface area contributed by atoms with Gasteiger partial charge in [0.15, 0.2) is 6.61 Å². The van der Waals surface area contributed by atoms with Crippen LogP contribution in [0.4, 0.5) is 0 Å². The predicted molar refractivity (Wildman–Crippen MR) is 107 cm³/mol. The lowest BCUT2D eigenvalue weighted by Gasteiger charge is -2.09. The number of benzene rings is 2. The van der Waals surface area contributed by atoms with Crippen molar-refractivity contribution in [3.63, 3.8) is 0 Å². The minimum atomic E-state index is -0.637. The Morgan fingerprint density at radius 1 is 1.00 bits per heavy atom. The minimum Gasteiger partial charge on any atom is -0.496 e. The molecule has 7 heteroatoms. The van der Waals surface area contributed by atoms with E-state index >= 15 is 0 Å². The number of amides is 1. The molecule has 1 N–H and O–H groups in total. The monoisotopic (exact) mass is 397 g/mol. The first-order chi connectivity index (χ1) is 14.0. The van der Waals surface area contributed by atoms with Crippen LogP contribution in [0.15, 0.2) is 54.6 Å². The van der Waals surface area contributed by atoms with Gasteiger partial charge in [0.1, 0.15) is 5.75 Å². The van der Waals surface area contributed by atoms with Crippen LogP contribution in [-0.2, 0) is 25.5 Å². The largest absolute Gasteiger partial charge is 0.496 e. The second-order valence-electron chi connectivity index (χ2n) is 5.97. The Kier molecular flexibility index (Phi) is 8.44. The summed E-state index contributed by atoms with van der Waals surface area (Å²) in [6.45, 7) is 0.0372. The van der Waals surface area contributed by atoms with E-state index in [4.69, 9.17) is 9.47 Å². The molecule has 2 aromatic rings. The molecule has 0 heterocycles. The number of nitrogens with one attached hydrogen (secondary N) is 1. The summed E-state index contributed by atoms with van der Waals surface area (Å²) in [7, 11) is 2.90. The fraction of sp³-hybridized carbons (Fsp3) is 0.227. The Balaban J connectivity index is 1.72. The molecule has 0 saturated heterocycles. The quantitative estimate of drug-likeness (QED) is 0.516. The molecule has 152 valence electrons. The maximum Gasteiger partial charge on any atom is 0.337 e. The number of hydrogen-bond donors (Lipinski definition) is 1. The highest BCUT2D eigenvalue weighted by molar-refractivity contribution is 5.91. The maximum absolute atomic E-state index is 11.8. The molecule has 7 nitrogen and oxygen atoms in total. The second-order valence-corrected chi connectivity index (χ2v) is 5.97. The van der Waals surface area contributed by atoms with Gasteiger partial charge in [0.2, 0.25) is 0 Å². The Bertz CT molecular complexity index is 873. The van der Waals surface area contributed by atoms with Crippen LogP contribution in [0.3, 0.4) is 0 Å². The molecule has 29 heavy (non-hydrogen) atoms. The average Bonchev–Trinajstić information content (AvgIpc) is 2.76. The van der Waals surface area contributed by atoms with Crippen LogP contribution in [-0.4, -0.2) is 45.2 Å². The highest BCUT2D eigenvalue weighted by Gasteiger charge is 2.07. The molecule has 0 atom stereocenters. The van der Waals surface area contributed by atoms with Gasteiger partial charge in [-0.3, -0.25) is 4.79 Å². The molecule has 0 aliphatic carbocycles. The van der Waals surface area contributed by atoms with Crippen molar-refractivity contribution >= 4 is 23.9 Å². The van der Waals surface area contributed by atoms with Crippen molar-refractivity contribution in [2.75, 3.05) is 27.4 Å². The molecule has 0 spiro atoms. The van der Waals surface area contributed by atoms with Crippen molar-refractivity contribution in [2.45, 2.75) is 6.42 Å². The summed E-state index contributed by atoms with van der Waals surface area (Å²) >= 11 is 0. The van der Waals surface area contributed by atoms with Gasteiger partial charge < -0.3 is 19.5 Å². The third-order valence-corrected chi connectivity index (χ3v) is 4.00. The molecular weight excluding hydrogens is 374 g/mol. The summed E-state index contributed by atoms with van der Waals surface area (Å²) in [4.78, 5) is 34.9. The van der Waals surface area contributed by atoms with Crippen molar-refractivity contribution in [3.05, 3.63) is 71.3 Å². The zero-order chi connectivity index (χ0) is 21.1. The Hall–Kier alpha value is -3.61. The third-order valence-electron chi connectivity index (χ3n) is 4.00. The Labute approximate surface area is 169 Å². The summed E-state index contributed by atoms with van der Waals surface area (Å²) in [6, 6.07) is 14.1. The van der Waals surface area contributed by atoms with E-state index in [9.17, 15) is 14.4 Å². The second kappa shape index (κ2) is 11.3. The highest BCUT2D eigenvalue weighted by atomic mass is 16.5. The van der Waals surface area contributed by atoms with Crippen molar-refractivity contribution in [3.8, 4) is 5.75 Å². The summed E-state index contributed by atoms with van der Waals surface area (Å²) in [5.74, 6) is -0.694. The van der Waals surface area contributed by atoms with Crippen LogP contribution in [0.5, 0.6) is 5.75 Å². The van der Waals surface area contributed by atoms with E-state index in [0.717, 1.165) is 11.3 Å².